The second-order valence-corrected chi connectivity index (χ2v) is 5.44. The Labute approximate surface area is 116 Å². The zero-order chi connectivity index (χ0) is 13.5. The Hall–Kier alpha value is -1.13. The highest BCUT2D eigenvalue weighted by atomic mass is 16.5. The van der Waals surface area contributed by atoms with Crippen LogP contribution in [0.1, 0.15) is 32.3 Å². The van der Waals surface area contributed by atoms with Crippen molar-refractivity contribution in [2.45, 2.75) is 39.3 Å². The largest absolute Gasteiger partial charge is 0.476 e. The zero-order valence-electron chi connectivity index (χ0n) is 12.1. The maximum atomic E-state index is 5.68. The Morgan fingerprint density at radius 3 is 2.74 bits per heavy atom. The standard InChI is InChI=1S/C15H25N3O/c1-13(2)16-11-14-5-6-15(17-12-14)19-10-9-18-7-3-4-8-18/h5-6,12-13,16H,3-4,7-11H2,1-2H3. The molecule has 1 aliphatic rings. The van der Waals surface area contributed by atoms with Crippen LogP contribution in [0, 0.1) is 0 Å². The van der Waals surface area contributed by atoms with Crippen molar-refractivity contribution in [1.29, 1.82) is 0 Å². The Morgan fingerprint density at radius 2 is 2.11 bits per heavy atom. The summed E-state index contributed by atoms with van der Waals surface area (Å²) < 4.78 is 5.68. The molecule has 0 saturated carbocycles. The molecule has 19 heavy (non-hydrogen) atoms. The molecule has 1 aliphatic heterocycles. The fraction of sp³-hybridized carbons (Fsp3) is 0.667. The van der Waals surface area contributed by atoms with E-state index in [2.05, 4.69) is 35.1 Å². The average Bonchev–Trinajstić information content (AvgIpc) is 2.91. The molecule has 0 atom stereocenters. The van der Waals surface area contributed by atoms with Crippen LogP contribution in [0.5, 0.6) is 5.88 Å². The molecule has 0 spiro atoms. The van der Waals surface area contributed by atoms with Crippen molar-refractivity contribution in [2.75, 3.05) is 26.2 Å². The van der Waals surface area contributed by atoms with Crippen molar-refractivity contribution in [3.8, 4) is 5.88 Å². The molecule has 1 saturated heterocycles. The normalized spacial score (nSPS) is 16.2. The van der Waals surface area contributed by atoms with Crippen molar-refractivity contribution in [3.63, 3.8) is 0 Å². The summed E-state index contributed by atoms with van der Waals surface area (Å²) in [6.45, 7) is 9.33. The third-order valence-corrected chi connectivity index (χ3v) is 3.37. The van der Waals surface area contributed by atoms with Gasteiger partial charge in [0.2, 0.25) is 5.88 Å². The molecule has 0 aromatic carbocycles. The van der Waals surface area contributed by atoms with E-state index in [1.807, 2.05) is 12.3 Å². The number of nitrogens with zero attached hydrogens (tertiary/aromatic N) is 2. The molecule has 2 rings (SSSR count). The van der Waals surface area contributed by atoms with Gasteiger partial charge in [-0.1, -0.05) is 19.9 Å². The fourth-order valence-corrected chi connectivity index (χ4v) is 2.21. The molecule has 4 nitrogen and oxygen atoms in total. The van der Waals surface area contributed by atoms with Crippen LogP contribution in [0.4, 0.5) is 0 Å². The first-order valence-electron chi connectivity index (χ1n) is 7.27. The topological polar surface area (TPSA) is 37.4 Å². The van der Waals surface area contributed by atoms with E-state index in [4.69, 9.17) is 4.74 Å². The molecule has 1 aromatic rings. The first kappa shape index (κ1) is 14.3. The van der Waals surface area contributed by atoms with Gasteiger partial charge in [0.15, 0.2) is 0 Å². The number of nitrogens with one attached hydrogen (secondary N) is 1. The number of likely N-dealkylation sites (tertiary alicyclic amines) is 1. The Bertz CT molecular complexity index is 358. The van der Waals surface area contributed by atoms with E-state index >= 15 is 0 Å². The molecule has 106 valence electrons. The molecule has 2 heterocycles. The minimum atomic E-state index is 0.497. The third-order valence-electron chi connectivity index (χ3n) is 3.37. The lowest BCUT2D eigenvalue weighted by Crippen LogP contribution is -2.25. The van der Waals surface area contributed by atoms with Gasteiger partial charge >= 0.3 is 0 Å². The van der Waals surface area contributed by atoms with Gasteiger partial charge in [-0.25, -0.2) is 4.98 Å². The summed E-state index contributed by atoms with van der Waals surface area (Å²) in [6, 6.07) is 4.53. The van der Waals surface area contributed by atoms with Gasteiger partial charge in [-0.2, -0.15) is 0 Å². The molecular formula is C15H25N3O. The second kappa shape index (κ2) is 7.46. The van der Waals surface area contributed by atoms with E-state index in [9.17, 15) is 0 Å². The minimum absolute atomic E-state index is 0.497. The summed E-state index contributed by atoms with van der Waals surface area (Å²) in [4.78, 5) is 6.79. The van der Waals surface area contributed by atoms with Crippen molar-refractivity contribution in [3.05, 3.63) is 23.9 Å². The smallest absolute Gasteiger partial charge is 0.213 e. The van der Waals surface area contributed by atoms with E-state index in [1.54, 1.807) is 0 Å². The summed E-state index contributed by atoms with van der Waals surface area (Å²) in [5.74, 6) is 0.729. The van der Waals surface area contributed by atoms with Crippen LogP contribution in [-0.2, 0) is 6.54 Å². The molecule has 1 fully saturated rings. The van der Waals surface area contributed by atoms with Crippen LogP contribution in [0.2, 0.25) is 0 Å². The van der Waals surface area contributed by atoms with Crippen molar-refractivity contribution < 1.29 is 4.74 Å². The molecule has 0 radical (unpaired) electrons. The molecule has 0 aliphatic carbocycles. The van der Waals surface area contributed by atoms with Crippen LogP contribution in [0.15, 0.2) is 18.3 Å². The predicted octanol–water partition coefficient (Wildman–Crippen LogP) is 2.05. The average molecular weight is 263 g/mol. The monoisotopic (exact) mass is 263 g/mol. The molecular weight excluding hydrogens is 238 g/mol. The van der Waals surface area contributed by atoms with E-state index in [0.717, 1.165) is 25.6 Å². The van der Waals surface area contributed by atoms with Crippen molar-refractivity contribution in [2.24, 2.45) is 0 Å². The molecule has 1 aromatic heterocycles. The van der Waals surface area contributed by atoms with Crippen LogP contribution in [0.25, 0.3) is 0 Å². The summed E-state index contributed by atoms with van der Waals surface area (Å²) in [7, 11) is 0. The van der Waals surface area contributed by atoms with Gasteiger partial charge in [-0.05, 0) is 31.5 Å². The molecule has 0 unspecified atom stereocenters. The van der Waals surface area contributed by atoms with Gasteiger partial charge in [0.1, 0.15) is 6.61 Å². The lowest BCUT2D eigenvalue weighted by molar-refractivity contribution is 0.232. The van der Waals surface area contributed by atoms with E-state index < -0.39 is 0 Å². The van der Waals surface area contributed by atoms with Gasteiger partial charge in [-0.3, -0.25) is 4.90 Å². The summed E-state index contributed by atoms with van der Waals surface area (Å²) in [5.41, 5.74) is 1.19. The van der Waals surface area contributed by atoms with Crippen LogP contribution in [-0.4, -0.2) is 42.2 Å². The SMILES string of the molecule is CC(C)NCc1ccc(OCCN2CCCC2)nc1. The van der Waals surface area contributed by atoms with E-state index in [0.29, 0.717) is 6.04 Å². The number of ether oxygens (including phenoxy) is 1. The van der Waals surface area contributed by atoms with Gasteiger partial charge in [0.05, 0.1) is 0 Å². The Kier molecular flexibility index (Phi) is 5.61. The maximum Gasteiger partial charge on any atom is 0.213 e. The van der Waals surface area contributed by atoms with E-state index in [-0.39, 0.29) is 0 Å². The summed E-state index contributed by atoms with van der Waals surface area (Å²) in [6.07, 6.45) is 4.55. The lowest BCUT2D eigenvalue weighted by atomic mass is 10.2. The molecule has 0 amide bonds. The first-order chi connectivity index (χ1) is 9.24. The van der Waals surface area contributed by atoms with Gasteiger partial charge in [-0.15, -0.1) is 0 Å². The number of aromatic nitrogens is 1. The Balaban J connectivity index is 1.69. The minimum Gasteiger partial charge on any atom is -0.476 e. The van der Waals surface area contributed by atoms with Crippen LogP contribution < -0.4 is 10.1 Å². The molecule has 4 heteroatoms. The van der Waals surface area contributed by atoms with Gasteiger partial charge in [0.25, 0.3) is 0 Å². The highest BCUT2D eigenvalue weighted by Crippen LogP contribution is 2.09. The fourth-order valence-electron chi connectivity index (χ4n) is 2.21. The quantitative estimate of drug-likeness (QED) is 0.817. The lowest BCUT2D eigenvalue weighted by Gasteiger charge is -2.14. The zero-order valence-corrected chi connectivity index (χ0v) is 12.1. The Morgan fingerprint density at radius 1 is 1.32 bits per heavy atom. The van der Waals surface area contributed by atoms with Crippen molar-refractivity contribution in [1.82, 2.24) is 15.2 Å². The third kappa shape index (κ3) is 5.17. The number of hydrogen-bond donors (Lipinski definition) is 1. The summed E-state index contributed by atoms with van der Waals surface area (Å²) >= 11 is 0. The summed E-state index contributed by atoms with van der Waals surface area (Å²) in [5, 5.41) is 3.37. The van der Waals surface area contributed by atoms with Gasteiger partial charge in [0, 0.05) is 31.4 Å². The second-order valence-electron chi connectivity index (χ2n) is 5.44. The number of rotatable bonds is 7. The van der Waals surface area contributed by atoms with Gasteiger partial charge < -0.3 is 10.1 Å². The number of hydrogen-bond acceptors (Lipinski definition) is 4. The first-order valence-corrected chi connectivity index (χ1v) is 7.27. The van der Waals surface area contributed by atoms with E-state index in [1.165, 1.54) is 31.5 Å². The van der Waals surface area contributed by atoms with Crippen LogP contribution >= 0.6 is 0 Å². The predicted molar refractivity (Wildman–Crippen MR) is 77.4 cm³/mol. The highest BCUT2D eigenvalue weighted by molar-refractivity contribution is 5.17. The molecule has 0 bridgehead atoms. The number of pyridine rings is 1. The molecule has 1 N–H and O–H groups in total. The van der Waals surface area contributed by atoms with Crippen molar-refractivity contribution >= 4 is 0 Å². The maximum absolute atomic E-state index is 5.68. The van der Waals surface area contributed by atoms with Crippen LogP contribution in [0.3, 0.4) is 0 Å². The highest BCUT2D eigenvalue weighted by Gasteiger charge is 2.10.